The van der Waals surface area contributed by atoms with Crippen LogP contribution in [-0.4, -0.2) is 63.9 Å². The van der Waals surface area contributed by atoms with E-state index in [0.717, 1.165) is 6.07 Å². The maximum atomic E-state index is 13.8. The molecule has 1 heterocycles. The zero-order chi connectivity index (χ0) is 22.1. The fourth-order valence-corrected chi connectivity index (χ4v) is 5.17. The molecule has 2 aromatic carbocycles. The van der Waals surface area contributed by atoms with Gasteiger partial charge in [0.15, 0.2) is 0 Å². The lowest BCUT2D eigenvalue weighted by molar-refractivity contribution is 0.0697. The van der Waals surface area contributed by atoms with E-state index in [2.05, 4.69) is 0 Å². The largest absolute Gasteiger partial charge is 0.497 e. The Bertz CT molecular complexity index is 1070. The summed E-state index contributed by atoms with van der Waals surface area (Å²) < 4.78 is 51.6. The van der Waals surface area contributed by atoms with Crippen LogP contribution >= 0.6 is 23.2 Å². The molecule has 0 unspecified atom stereocenters. The molecule has 0 N–H and O–H groups in total. The monoisotopic (exact) mass is 476 g/mol. The Hall–Kier alpha value is -2.07. The first kappa shape index (κ1) is 22.6. The van der Waals surface area contributed by atoms with Crippen molar-refractivity contribution in [2.75, 3.05) is 40.4 Å². The molecule has 1 amide bonds. The molecule has 0 radical (unpaired) electrons. The summed E-state index contributed by atoms with van der Waals surface area (Å²) >= 11 is 11.7. The van der Waals surface area contributed by atoms with Gasteiger partial charge in [-0.2, -0.15) is 4.31 Å². The van der Waals surface area contributed by atoms with E-state index in [-0.39, 0.29) is 52.4 Å². The van der Waals surface area contributed by atoms with Gasteiger partial charge in [0.2, 0.25) is 10.0 Å². The van der Waals surface area contributed by atoms with Crippen molar-refractivity contribution in [3.05, 3.63) is 51.8 Å². The minimum atomic E-state index is -3.88. The number of amides is 1. The van der Waals surface area contributed by atoms with E-state index < -0.39 is 21.7 Å². The number of rotatable bonds is 5. The minimum absolute atomic E-state index is 0.0213. The Kier molecular flexibility index (Phi) is 6.76. The zero-order valence-electron chi connectivity index (χ0n) is 16.2. The lowest BCUT2D eigenvalue weighted by atomic mass is 10.1. The average molecular weight is 477 g/mol. The number of methoxy groups -OCH3 is 2. The Morgan fingerprint density at radius 2 is 1.67 bits per heavy atom. The number of nitrogens with zero attached hydrogens (tertiary/aromatic N) is 2. The van der Waals surface area contributed by atoms with Crippen molar-refractivity contribution >= 4 is 39.1 Å². The lowest BCUT2D eigenvalue weighted by Crippen LogP contribution is -2.50. The highest BCUT2D eigenvalue weighted by Crippen LogP contribution is 2.31. The number of sulfonamides is 1. The van der Waals surface area contributed by atoms with Crippen LogP contribution in [0.5, 0.6) is 11.5 Å². The molecule has 0 aromatic heterocycles. The predicted octanol–water partition coefficient (Wildman–Crippen LogP) is 3.30. The summed E-state index contributed by atoms with van der Waals surface area (Å²) in [7, 11) is -1.07. The van der Waals surface area contributed by atoms with Gasteiger partial charge in [-0.3, -0.25) is 4.79 Å². The van der Waals surface area contributed by atoms with Crippen LogP contribution in [0.3, 0.4) is 0 Å². The summed E-state index contributed by atoms with van der Waals surface area (Å²) in [5, 5.41) is -0.151. The fraction of sp³-hybridized carbons (Fsp3) is 0.316. The molecular formula is C19H19Cl2FN2O5S. The third-order valence-corrected chi connectivity index (χ3v) is 7.28. The van der Waals surface area contributed by atoms with Crippen molar-refractivity contribution in [1.82, 2.24) is 9.21 Å². The van der Waals surface area contributed by atoms with Crippen LogP contribution in [0, 0.1) is 5.82 Å². The maximum absolute atomic E-state index is 13.8. The number of carbonyl (C=O) groups excluding carboxylic acids is 1. The quantitative estimate of drug-likeness (QED) is 0.618. The van der Waals surface area contributed by atoms with Crippen LogP contribution in [-0.2, 0) is 10.0 Å². The molecule has 3 rings (SSSR count). The summed E-state index contributed by atoms with van der Waals surface area (Å²) in [4.78, 5) is 14.1. The molecular weight excluding hydrogens is 458 g/mol. The Morgan fingerprint density at radius 3 is 2.27 bits per heavy atom. The van der Waals surface area contributed by atoms with Crippen LogP contribution in [0.25, 0.3) is 0 Å². The van der Waals surface area contributed by atoms with Gasteiger partial charge in [0.05, 0.1) is 29.8 Å². The number of benzene rings is 2. The van der Waals surface area contributed by atoms with Crippen LogP contribution < -0.4 is 9.47 Å². The number of halogens is 3. The second kappa shape index (κ2) is 8.97. The van der Waals surface area contributed by atoms with Crippen molar-refractivity contribution in [1.29, 1.82) is 0 Å². The molecule has 1 aliphatic rings. The molecule has 0 aliphatic carbocycles. The lowest BCUT2D eigenvalue weighted by Gasteiger charge is -2.34. The molecule has 0 saturated carbocycles. The van der Waals surface area contributed by atoms with Crippen molar-refractivity contribution in [3.8, 4) is 11.5 Å². The molecule has 7 nitrogen and oxygen atoms in total. The number of carbonyl (C=O) groups is 1. The Labute approximate surface area is 183 Å². The molecule has 0 atom stereocenters. The molecule has 2 aromatic rings. The number of piperazine rings is 1. The standard InChI is InChI=1S/C19H19Cl2FN2O5S/c1-28-12-3-4-17(29-2)18(9-12)30(26,27)24-7-5-23(6-8-24)19(25)13-10-16(22)15(21)11-14(13)20/h3-4,9-11H,5-8H2,1-2H3. The van der Waals surface area contributed by atoms with E-state index in [9.17, 15) is 17.6 Å². The van der Waals surface area contributed by atoms with Gasteiger partial charge in [-0.25, -0.2) is 12.8 Å². The van der Waals surface area contributed by atoms with Crippen LogP contribution in [0.15, 0.2) is 35.2 Å². The molecule has 0 bridgehead atoms. The van der Waals surface area contributed by atoms with Gasteiger partial charge < -0.3 is 14.4 Å². The summed E-state index contributed by atoms with van der Waals surface area (Å²) in [5.41, 5.74) is -0.0238. The van der Waals surface area contributed by atoms with Crippen molar-refractivity contribution in [2.45, 2.75) is 4.90 Å². The first-order valence-corrected chi connectivity index (χ1v) is 11.0. The van der Waals surface area contributed by atoms with E-state index in [1.165, 1.54) is 41.6 Å². The van der Waals surface area contributed by atoms with E-state index >= 15 is 0 Å². The molecule has 30 heavy (non-hydrogen) atoms. The first-order valence-electron chi connectivity index (χ1n) is 8.85. The van der Waals surface area contributed by atoms with Gasteiger partial charge in [0.1, 0.15) is 22.2 Å². The third-order valence-electron chi connectivity index (χ3n) is 4.75. The second-order valence-electron chi connectivity index (χ2n) is 6.46. The summed E-state index contributed by atoms with van der Waals surface area (Å²) in [6.07, 6.45) is 0. The molecule has 0 spiro atoms. The van der Waals surface area contributed by atoms with Crippen LogP contribution in [0.2, 0.25) is 10.0 Å². The normalized spacial score (nSPS) is 15.2. The average Bonchev–Trinajstić information content (AvgIpc) is 2.75. The van der Waals surface area contributed by atoms with Gasteiger partial charge >= 0.3 is 0 Å². The minimum Gasteiger partial charge on any atom is -0.497 e. The van der Waals surface area contributed by atoms with Gasteiger partial charge in [-0.05, 0) is 24.3 Å². The maximum Gasteiger partial charge on any atom is 0.255 e. The highest BCUT2D eigenvalue weighted by atomic mass is 35.5. The molecule has 1 aliphatic heterocycles. The molecule has 1 fully saturated rings. The SMILES string of the molecule is COc1ccc(OC)c(S(=O)(=O)N2CCN(C(=O)c3cc(F)c(Cl)cc3Cl)CC2)c1. The Morgan fingerprint density at radius 1 is 1.00 bits per heavy atom. The van der Waals surface area contributed by atoms with Crippen LogP contribution in [0.1, 0.15) is 10.4 Å². The summed E-state index contributed by atoms with van der Waals surface area (Å²) in [6, 6.07) is 6.66. The summed E-state index contributed by atoms with van der Waals surface area (Å²) in [5.74, 6) is -0.678. The third kappa shape index (κ3) is 4.34. The van der Waals surface area contributed by atoms with Gasteiger partial charge in [-0.15, -0.1) is 0 Å². The van der Waals surface area contributed by atoms with Gasteiger partial charge in [0, 0.05) is 32.2 Å². The van der Waals surface area contributed by atoms with Gasteiger partial charge in [0.25, 0.3) is 5.91 Å². The van der Waals surface area contributed by atoms with E-state index in [4.69, 9.17) is 32.7 Å². The fourth-order valence-electron chi connectivity index (χ4n) is 3.11. The topological polar surface area (TPSA) is 76.2 Å². The molecule has 162 valence electrons. The van der Waals surface area contributed by atoms with E-state index in [1.807, 2.05) is 0 Å². The molecule has 11 heteroatoms. The number of hydrogen-bond acceptors (Lipinski definition) is 5. The number of ether oxygens (including phenoxy) is 2. The Balaban J connectivity index is 1.78. The van der Waals surface area contributed by atoms with Crippen molar-refractivity contribution < 1.29 is 27.1 Å². The van der Waals surface area contributed by atoms with Crippen LogP contribution in [0.4, 0.5) is 4.39 Å². The highest BCUT2D eigenvalue weighted by Gasteiger charge is 2.33. The predicted molar refractivity (Wildman–Crippen MR) is 111 cm³/mol. The molecule has 1 saturated heterocycles. The number of hydrogen-bond donors (Lipinski definition) is 0. The van der Waals surface area contributed by atoms with Crippen molar-refractivity contribution in [2.24, 2.45) is 0 Å². The van der Waals surface area contributed by atoms with E-state index in [0.29, 0.717) is 5.75 Å². The first-order chi connectivity index (χ1) is 14.2. The zero-order valence-corrected chi connectivity index (χ0v) is 18.5. The van der Waals surface area contributed by atoms with Crippen molar-refractivity contribution in [3.63, 3.8) is 0 Å². The second-order valence-corrected chi connectivity index (χ2v) is 9.18. The summed E-state index contributed by atoms with van der Waals surface area (Å²) in [6.45, 7) is 0.347. The smallest absolute Gasteiger partial charge is 0.255 e. The van der Waals surface area contributed by atoms with Gasteiger partial charge in [-0.1, -0.05) is 23.2 Å². The highest BCUT2D eigenvalue weighted by molar-refractivity contribution is 7.89. The van der Waals surface area contributed by atoms with E-state index in [1.54, 1.807) is 6.07 Å².